The van der Waals surface area contributed by atoms with Crippen molar-refractivity contribution in [2.24, 2.45) is 7.05 Å². The molecule has 1 saturated heterocycles. The van der Waals surface area contributed by atoms with E-state index in [2.05, 4.69) is 39.0 Å². The number of ether oxygens (including phenoxy) is 2. The van der Waals surface area contributed by atoms with E-state index in [1.165, 1.54) is 12.3 Å². The summed E-state index contributed by atoms with van der Waals surface area (Å²) in [6.45, 7) is 9.06. The lowest BCUT2D eigenvalue weighted by atomic mass is 10.1. The largest absolute Gasteiger partial charge is 0.494 e. The number of carbonyl (C=O) groups excluding carboxylic acids is 2. The summed E-state index contributed by atoms with van der Waals surface area (Å²) in [7, 11) is 7.64. The lowest BCUT2D eigenvalue weighted by Crippen LogP contribution is -2.37. The molecule has 0 spiro atoms. The summed E-state index contributed by atoms with van der Waals surface area (Å²) in [6, 6.07) is 9.90. The van der Waals surface area contributed by atoms with E-state index in [9.17, 15) is 9.59 Å². The highest BCUT2D eigenvalue weighted by Crippen LogP contribution is 2.39. The van der Waals surface area contributed by atoms with Gasteiger partial charge in [-0.3, -0.25) is 4.79 Å². The summed E-state index contributed by atoms with van der Waals surface area (Å²) in [5.74, 6) is -0.0880. The maximum atomic E-state index is 13.2. The minimum Gasteiger partial charge on any atom is -0.494 e. The number of likely N-dealkylation sites (N-methyl/N-ethyl adjacent to an activating group) is 2. The fourth-order valence-electron chi connectivity index (χ4n) is 5.68. The molecule has 1 amide bonds. The number of methoxy groups -OCH3 is 1. The zero-order chi connectivity index (χ0) is 32.2. The van der Waals surface area contributed by atoms with Crippen LogP contribution < -0.4 is 25.0 Å². The van der Waals surface area contributed by atoms with Crippen LogP contribution in [-0.2, 0) is 16.6 Å². The molecule has 12 heteroatoms. The van der Waals surface area contributed by atoms with Crippen LogP contribution in [0.3, 0.4) is 0 Å². The third-order valence-corrected chi connectivity index (χ3v) is 7.95. The first-order chi connectivity index (χ1) is 21.6. The number of anilines is 4. The van der Waals surface area contributed by atoms with Gasteiger partial charge in [0.2, 0.25) is 18.1 Å². The number of amides is 1. The molecule has 236 valence electrons. The second-order valence-corrected chi connectivity index (χ2v) is 11.5. The smallest absolute Gasteiger partial charge is 0.342 e. The van der Waals surface area contributed by atoms with Crippen LogP contribution in [0, 0.1) is 0 Å². The molecule has 0 unspecified atom stereocenters. The van der Waals surface area contributed by atoms with Crippen LogP contribution in [-0.4, -0.2) is 77.7 Å². The summed E-state index contributed by atoms with van der Waals surface area (Å²) >= 11 is 0. The van der Waals surface area contributed by atoms with Gasteiger partial charge < -0.3 is 29.9 Å². The molecule has 0 radical (unpaired) electrons. The first-order valence-electron chi connectivity index (χ1n) is 15.0. The highest BCUT2D eigenvalue weighted by atomic mass is 16.5. The lowest BCUT2D eigenvalue weighted by molar-refractivity contribution is -0.737. The molecule has 1 atom stereocenters. The van der Waals surface area contributed by atoms with E-state index in [1.807, 2.05) is 60.0 Å². The van der Waals surface area contributed by atoms with Crippen molar-refractivity contribution in [2.75, 3.05) is 49.8 Å². The van der Waals surface area contributed by atoms with Crippen LogP contribution in [0.25, 0.3) is 16.8 Å². The van der Waals surface area contributed by atoms with Gasteiger partial charge in [0.25, 0.3) is 0 Å². The zero-order valence-corrected chi connectivity index (χ0v) is 26.7. The highest BCUT2D eigenvalue weighted by molar-refractivity contribution is 6.02. The van der Waals surface area contributed by atoms with E-state index in [4.69, 9.17) is 14.5 Å². The standard InChI is InChI=1S/C33H40N8O4/c1-8-30(42)35-25-16-26(29(44-7)17-28(25)39(5)19-22-12-11-14-38(22)4)36-33-34-18-23(32(43)45-21(2)3)31(37-33)24-20-40(6)41-15-10-9-13-27(24)41/h8-10,13,15-18,20-22H,1,11-12,14,19H2,2-7H3,(H-,34,35,36,37,42,43)/p+1/t22-/m0/s1. The van der Waals surface area contributed by atoms with Gasteiger partial charge in [0, 0.05) is 31.9 Å². The van der Waals surface area contributed by atoms with Gasteiger partial charge in [-0.1, -0.05) is 12.6 Å². The van der Waals surface area contributed by atoms with Gasteiger partial charge in [-0.05, 0) is 64.6 Å². The number of esters is 1. The number of fused-ring (bicyclic) bond motifs is 1. The quantitative estimate of drug-likeness (QED) is 0.146. The number of carbonyl (C=O) groups is 2. The van der Waals surface area contributed by atoms with Crippen molar-refractivity contribution < 1.29 is 23.7 Å². The van der Waals surface area contributed by atoms with Crippen LogP contribution in [0.1, 0.15) is 37.0 Å². The van der Waals surface area contributed by atoms with Gasteiger partial charge in [-0.25, -0.2) is 14.8 Å². The molecule has 1 fully saturated rings. The molecule has 45 heavy (non-hydrogen) atoms. The van der Waals surface area contributed by atoms with Crippen LogP contribution >= 0.6 is 0 Å². The second-order valence-electron chi connectivity index (χ2n) is 11.5. The Hall–Kier alpha value is -4.97. The Balaban J connectivity index is 1.57. The number of nitrogens with zero attached hydrogens (tertiary/aromatic N) is 6. The number of rotatable bonds is 11. The third kappa shape index (κ3) is 6.75. The van der Waals surface area contributed by atoms with Crippen LogP contribution in [0.4, 0.5) is 23.0 Å². The van der Waals surface area contributed by atoms with Gasteiger partial charge in [0.15, 0.2) is 7.05 Å². The van der Waals surface area contributed by atoms with E-state index in [0.717, 1.165) is 42.7 Å². The molecule has 4 aromatic rings. The summed E-state index contributed by atoms with van der Waals surface area (Å²) in [4.78, 5) is 39.4. The summed E-state index contributed by atoms with van der Waals surface area (Å²) < 4.78 is 15.2. The summed E-state index contributed by atoms with van der Waals surface area (Å²) in [6.07, 6.45) is 8.50. The number of hydrogen-bond acceptors (Lipinski definition) is 9. The topological polar surface area (TPSA) is 117 Å². The number of hydrogen-bond donors (Lipinski definition) is 2. The number of benzene rings is 1. The Labute approximate surface area is 263 Å². The fourth-order valence-corrected chi connectivity index (χ4v) is 5.68. The van der Waals surface area contributed by atoms with Crippen LogP contribution in [0.2, 0.25) is 0 Å². The Morgan fingerprint density at radius 3 is 2.76 bits per heavy atom. The van der Waals surface area contributed by atoms with Gasteiger partial charge >= 0.3 is 5.97 Å². The van der Waals surface area contributed by atoms with Crippen molar-refractivity contribution in [1.29, 1.82) is 0 Å². The number of pyridine rings is 1. The highest BCUT2D eigenvalue weighted by Gasteiger charge is 2.26. The summed E-state index contributed by atoms with van der Waals surface area (Å²) in [5.41, 5.74) is 4.16. The Morgan fingerprint density at radius 2 is 2.07 bits per heavy atom. The Morgan fingerprint density at radius 1 is 1.27 bits per heavy atom. The predicted octanol–water partition coefficient (Wildman–Crippen LogP) is 4.19. The minimum atomic E-state index is -0.517. The number of aryl methyl sites for hydroxylation is 1. The monoisotopic (exact) mass is 613 g/mol. The second kappa shape index (κ2) is 13.3. The molecule has 0 aliphatic carbocycles. The number of nitrogens with one attached hydrogen (secondary N) is 2. The molecule has 0 saturated carbocycles. The maximum absolute atomic E-state index is 13.2. The lowest BCUT2D eigenvalue weighted by Gasteiger charge is -2.29. The van der Waals surface area contributed by atoms with E-state index < -0.39 is 5.97 Å². The normalized spacial score (nSPS) is 14.9. The van der Waals surface area contributed by atoms with Crippen molar-refractivity contribution in [2.45, 2.75) is 38.8 Å². The van der Waals surface area contributed by atoms with Gasteiger partial charge in [-0.2, -0.15) is 0 Å². The molecule has 4 heterocycles. The van der Waals surface area contributed by atoms with Gasteiger partial charge in [0.05, 0.1) is 47.7 Å². The molecular weight excluding hydrogens is 572 g/mol. The number of aromatic nitrogens is 4. The van der Waals surface area contributed by atoms with E-state index in [1.54, 1.807) is 27.0 Å². The molecule has 1 aliphatic rings. The zero-order valence-electron chi connectivity index (χ0n) is 26.7. The molecule has 0 bridgehead atoms. The van der Waals surface area contributed by atoms with E-state index in [-0.39, 0.29) is 23.5 Å². The van der Waals surface area contributed by atoms with Crippen molar-refractivity contribution in [1.82, 2.24) is 19.4 Å². The molecule has 1 aromatic carbocycles. The molecule has 2 N–H and O–H groups in total. The van der Waals surface area contributed by atoms with Gasteiger partial charge in [0.1, 0.15) is 16.8 Å². The molecular formula is C33H41N8O4+. The SMILES string of the molecule is C=CC(=O)Nc1cc(Nc2ncc(C(=O)OC(C)C)c(-c3c[n+](C)n4ccccc34)n2)c(OC)cc1N(C)C[C@@H]1CCCN1C. The molecule has 1 aliphatic heterocycles. The van der Waals surface area contributed by atoms with Crippen molar-refractivity contribution >= 4 is 40.4 Å². The third-order valence-electron chi connectivity index (χ3n) is 7.95. The predicted molar refractivity (Wildman–Crippen MR) is 174 cm³/mol. The van der Waals surface area contributed by atoms with Crippen molar-refractivity contribution in [3.63, 3.8) is 0 Å². The average molecular weight is 614 g/mol. The fraction of sp³-hybridized carbons (Fsp3) is 0.364. The van der Waals surface area contributed by atoms with E-state index >= 15 is 0 Å². The molecule has 3 aromatic heterocycles. The molecule has 12 nitrogen and oxygen atoms in total. The number of likely N-dealkylation sites (tertiary alicyclic amines) is 1. The van der Waals surface area contributed by atoms with E-state index in [0.29, 0.717) is 28.9 Å². The first kappa shape index (κ1) is 31.5. The maximum Gasteiger partial charge on any atom is 0.342 e. The average Bonchev–Trinajstić information content (AvgIpc) is 3.58. The first-order valence-corrected chi connectivity index (χ1v) is 15.0. The van der Waals surface area contributed by atoms with Crippen molar-refractivity contribution in [3.05, 3.63) is 67.1 Å². The molecule has 5 rings (SSSR count). The van der Waals surface area contributed by atoms with Crippen LogP contribution in [0.15, 0.2) is 61.6 Å². The Kier molecular flexibility index (Phi) is 9.33. The van der Waals surface area contributed by atoms with Crippen LogP contribution in [0.5, 0.6) is 5.75 Å². The van der Waals surface area contributed by atoms with Gasteiger partial charge in [-0.15, -0.1) is 9.20 Å². The minimum absolute atomic E-state index is 0.233. The van der Waals surface area contributed by atoms with Crippen molar-refractivity contribution in [3.8, 4) is 17.0 Å². The summed E-state index contributed by atoms with van der Waals surface area (Å²) in [5, 5.41) is 6.20. The Bertz CT molecular complexity index is 1730.